The molecule has 0 aliphatic heterocycles. The van der Waals surface area contributed by atoms with Gasteiger partial charge in [-0.3, -0.25) is 4.79 Å². The van der Waals surface area contributed by atoms with Crippen LogP contribution in [-0.4, -0.2) is 30.5 Å². The highest BCUT2D eigenvalue weighted by Crippen LogP contribution is 2.30. The van der Waals surface area contributed by atoms with Gasteiger partial charge in [-0.25, -0.2) is 4.98 Å². The molecule has 4 nitrogen and oxygen atoms in total. The lowest BCUT2D eigenvalue weighted by molar-refractivity contribution is -0.119. The van der Waals surface area contributed by atoms with Gasteiger partial charge in [0.15, 0.2) is 5.13 Å². The maximum atomic E-state index is 11.8. The highest BCUT2D eigenvalue weighted by molar-refractivity contribution is 7.18. The number of nitrogens with zero attached hydrogens (tertiary/aromatic N) is 2. The maximum Gasteiger partial charge on any atom is 0.239 e. The lowest BCUT2D eigenvalue weighted by Gasteiger charge is -2.14. The summed E-state index contributed by atoms with van der Waals surface area (Å²) in [7, 11) is 1.90. The minimum absolute atomic E-state index is 0.0754. The highest BCUT2D eigenvalue weighted by atomic mass is 32.1. The quantitative estimate of drug-likeness (QED) is 0.919. The number of amides is 1. The van der Waals surface area contributed by atoms with Gasteiger partial charge >= 0.3 is 0 Å². The molecule has 1 aromatic heterocycles. The van der Waals surface area contributed by atoms with E-state index in [-0.39, 0.29) is 5.91 Å². The average Bonchev–Trinajstić information content (AvgIpc) is 3.12. The van der Waals surface area contributed by atoms with E-state index in [1.807, 2.05) is 36.3 Å². The first kappa shape index (κ1) is 13.1. The van der Waals surface area contributed by atoms with Crippen molar-refractivity contribution in [3.8, 4) is 10.4 Å². The van der Waals surface area contributed by atoms with Crippen LogP contribution in [-0.2, 0) is 4.79 Å². The second-order valence-corrected chi connectivity index (χ2v) is 6.08. The molecule has 1 saturated carbocycles. The molecule has 1 heterocycles. The number of hydrogen-bond donors (Lipinski definition) is 1. The highest BCUT2D eigenvalue weighted by Gasteiger charge is 2.23. The Bertz CT molecular complexity index is 592. The lowest BCUT2D eigenvalue weighted by atomic mass is 10.2. The standard InChI is InChI=1S/C15H17N3OS/c1-18(10-14(19)17-12-7-8-12)15-16-9-13(20-15)11-5-3-2-4-6-11/h2-6,9,12H,7-8,10H2,1H3,(H,17,19). The lowest BCUT2D eigenvalue weighted by Crippen LogP contribution is -2.36. The number of aromatic nitrogens is 1. The van der Waals surface area contributed by atoms with Crippen LogP contribution in [0.3, 0.4) is 0 Å². The Morgan fingerprint density at radius 3 is 2.85 bits per heavy atom. The van der Waals surface area contributed by atoms with E-state index in [9.17, 15) is 4.79 Å². The third kappa shape index (κ3) is 3.17. The van der Waals surface area contributed by atoms with E-state index < -0.39 is 0 Å². The zero-order valence-electron chi connectivity index (χ0n) is 11.4. The molecule has 3 rings (SSSR count). The van der Waals surface area contributed by atoms with E-state index in [0.717, 1.165) is 28.4 Å². The fraction of sp³-hybridized carbons (Fsp3) is 0.333. The van der Waals surface area contributed by atoms with Crippen LogP contribution in [0.1, 0.15) is 12.8 Å². The number of likely N-dealkylation sites (N-methyl/N-ethyl adjacent to an activating group) is 1. The first-order chi connectivity index (χ1) is 9.72. The molecule has 0 bridgehead atoms. The van der Waals surface area contributed by atoms with E-state index in [2.05, 4.69) is 22.4 Å². The van der Waals surface area contributed by atoms with E-state index in [1.54, 1.807) is 11.3 Å². The Labute approximate surface area is 122 Å². The van der Waals surface area contributed by atoms with Crippen molar-refractivity contribution in [3.63, 3.8) is 0 Å². The van der Waals surface area contributed by atoms with Crippen molar-refractivity contribution in [2.24, 2.45) is 0 Å². The number of nitrogens with one attached hydrogen (secondary N) is 1. The molecule has 1 aliphatic rings. The predicted octanol–water partition coefficient (Wildman–Crippen LogP) is 2.52. The third-order valence-corrected chi connectivity index (χ3v) is 4.36. The van der Waals surface area contributed by atoms with Gasteiger partial charge in [-0.2, -0.15) is 0 Å². The number of anilines is 1. The number of rotatable bonds is 5. The Balaban J connectivity index is 1.65. The molecule has 0 unspecified atom stereocenters. The third-order valence-electron chi connectivity index (χ3n) is 3.20. The minimum atomic E-state index is 0.0754. The van der Waals surface area contributed by atoms with Crippen LogP contribution >= 0.6 is 11.3 Å². The predicted molar refractivity (Wildman–Crippen MR) is 82.0 cm³/mol. The van der Waals surface area contributed by atoms with E-state index in [0.29, 0.717) is 12.6 Å². The molecule has 104 valence electrons. The molecule has 1 aromatic carbocycles. The monoisotopic (exact) mass is 287 g/mol. The van der Waals surface area contributed by atoms with Crippen molar-refractivity contribution >= 4 is 22.4 Å². The second-order valence-electron chi connectivity index (χ2n) is 5.07. The molecule has 1 fully saturated rings. The van der Waals surface area contributed by atoms with Gasteiger partial charge < -0.3 is 10.2 Å². The summed E-state index contributed by atoms with van der Waals surface area (Å²) in [5, 5.41) is 3.86. The van der Waals surface area contributed by atoms with E-state index in [4.69, 9.17) is 0 Å². The number of carbonyl (C=O) groups excluding carboxylic acids is 1. The minimum Gasteiger partial charge on any atom is -0.352 e. The first-order valence-electron chi connectivity index (χ1n) is 6.74. The molecule has 0 saturated heterocycles. The molecular weight excluding hydrogens is 270 g/mol. The summed E-state index contributed by atoms with van der Waals surface area (Å²) < 4.78 is 0. The van der Waals surface area contributed by atoms with E-state index in [1.165, 1.54) is 0 Å². The Kier molecular flexibility index (Phi) is 3.69. The zero-order chi connectivity index (χ0) is 13.9. The first-order valence-corrected chi connectivity index (χ1v) is 7.56. The van der Waals surface area contributed by atoms with Gasteiger partial charge in [-0.1, -0.05) is 41.7 Å². The van der Waals surface area contributed by atoms with Gasteiger partial charge in [-0.15, -0.1) is 0 Å². The van der Waals surface area contributed by atoms with E-state index >= 15 is 0 Å². The van der Waals surface area contributed by atoms with Crippen molar-refractivity contribution in [1.82, 2.24) is 10.3 Å². The summed E-state index contributed by atoms with van der Waals surface area (Å²) in [4.78, 5) is 19.2. The topological polar surface area (TPSA) is 45.2 Å². The molecular formula is C15H17N3OS. The molecule has 5 heteroatoms. The molecule has 0 spiro atoms. The van der Waals surface area contributed by atoms with Gasteiger partial charge in [0.2, 0.25) is 5.91 Å². The Morgan fingerprint density at radius 2 is 2.15 bits per heavy atom. The Hall–Kier alpha value is -1.88. The van der Waals surface area contributed by atoms with Crippen molar-refractivity contribution in [3.05, 3.63) is 36.5 Å². The second kappa shape index (κ2) is 5.63. The van der Waals surface area contributed by atoms with Gasteiger partial charge in [0.25, 0.3) is 0 Å². The number of carbonyl (C=O) groups is 1. The zero-order valence-corrected chi connectivity index (χ0v) is 12.2. The van der Waals surface area contributed by atoms with Crippen LogP contribution in [0.2, 0.25) is 0 Å². The Morgan fingerprint density at radius 1 is 1.40 bits per heavy atom. The summed E-state index contributed by atoms with van der Waals surface area (Å²) in [6.07, 6.45) is 4.10. The molecule has 0 radical (unpaired) electrons. The van der Waals surface area contributed by atoms with Crippen LogP contribution in [0.4, 0.5) is 5.13 Å². The van der Waals surface area contributed by atoms with Gasteiger partial charge in [0.1, 0.15) is 0 Å². The normalized spacial score (nSPS) is 14.1. The van der Waals surface area contributed by atoms with Crippen molar-refractivity contribution in [2.75, 3.05) is 18.5 Å². The maximum absolute atomic E-state index is 11.8. The average molecular weight is 287 g/mol. The van der Waals surface area contributed by atoms with Crippen molar-refractivity contribution in [2.45, 2.75) is 18.9 Å². The smallest absolute Gasteiger partial charge is 0.239 e. The molecule has 2 aromatic rings. The van der Waals surface area contributed by atoms with Gasteiger partial charge in [-0.05, 0) is 18.4 Å². The van der Waals surface area contributed by atoms with Crippen LogP contribution in [0.25, 0.3) is 10.4 Å². The molecule has 1 amide bonds. The SMILES string of the molecule is CN(CC(=O)NC1CC1)c1ncc(-c2ccccc2)s1. The number of hydrogen-bond acceptors (Lipinski definition) is 4. The fourth-order valence-corrected chi connectivity index (χ4v) is 2.84. The number of thiazole rings is 1. The summed E-state index contributed by atoms with van der Waals surface area (Å²) in [6.45, 7) is 0.359. The number of benzene rings is 1. The van der Waals surface area contributed by atoms with Gasteiger partial charge in [0, 0.05) is 19.3 Å². The van der Waals surface area contributed by atoms with Crippen LogP contribution in [0, 0.1) is 0 Å². The fourth-order valence-electron chi connectivity index (χ4n) is 1.96. The summed E-state index contributed by atoms with van der Waals surface area (Å²) in [5.41, 5.74) is 1.16. The molecule has 0 atom stereocenters. The molecule has 1 N–H and O–H groups in total. The largest absolute Gasteiger partial charge is 0.352 e. The van der Waals surface area contributed by atoms with Crippen molar-refractivity contribution in [1.29, 1.82) is 0 Å². The summed E-state index contributed by atoms with van der Waals surface area (Å²) >= 11 is 1.61. The molecule has 1 aliphatic carbocycles. The van der Waals surface area contributed by atoms with Gasteiger partial charge in [0.05, 0.1) is 11.4 Å². The molecule has 20 heavy (non-hydrogen) atoms. The summed E-state index contributed by atoms with van der Waals surface area (Å²) in [5.74, 6) is 0.0754. The summed E-state index contributed by atoms with van der Waals surface area (Å²) in [6, 6.07) is 10.6. The van der Waals surface area contributed by atoms with Crippen LogP contribution in [0.15, 0.2) is 36.5 Å². The van der Waals surface area contributed by atoms with Crippen LogP contribution in [0.5, 0.6) is 0 Å². The van der Waals surface area contributed by atoms with Crippen LogP contribution < -0.4 is 10.2 Å². The van der Waals surface area contributed by atoms with Crippen molar-refractivity contribution < 1.29 is 4.79 Å².